The maximum Gasteiger partial charge on any atom is 0.293 e. The first kappa shape index (κ1) is 21.2. The molecule has 0 saturated carbocycles. The third-order valence-electron chi connectivity index (χ3n) is 6.20. The molecule has 0 spiro atoms. The summed E-state index contributed by atoms with van der Waals surface area (Å²) in [6.45, 7) is 7.70. The third kappa shape index (κ3) is 4.60. The Labute approximate surface area is 191 Å². The number of rotatable bonds is 6. The summed E-state index contributed by atoms with van der Waals surface area (Å²) in [6, 6.07) is 9.95. The molecule has 7 nitrogen and oxygen atoms in total. The average Bonchev–Trinajstić information content (AvgIpc) is 3.60. The van der Waals surface area contributed by atoms with Crippen molar-refractivity contribution in [2.45, 2.75) is 12.8 Å². The van der Waals surface area contributed by atoms with Gasteiger partial charge in [-0.3, -0.25) is 9.69 Å². The van der Waals surface area contributed by atoms with E-state index < -0.39 is 0 Å². The highest BCUT2D eigenvalue weighted by Gasteiger charge is 2.27. The van der Waals surface area contributed by atoms with Crippen molar-refractivity contribution < 1.29 is 9.18 Å². The van der Waals surface area contributed by atoms with Gasteiger partial charge in [-0.1, -0.05) is 6.07 Å². The molecular formula is C23H27FN6OS. The maximum atomic E-state index is 13.4. The van der Waals surface area contributed by atoms with Gasteiger partial charge in [-0.15, -0.1) is 16.4 Å². The standard InChI is InChI=1S/C23H27FN6OS/c24-18-5-7-19(8-6-18)30-22(20-4-3-17-32-20)25-21(26-30)23(31)29-15-13-28(14-16-29)12-11-27-9-1-2-10-27/h3-8,17H,1-2,9-16H2. The Hall–Kier alpha value is -2.62. The van der Waals surface area contributed by atoms with E-state index in [2.05, 4.69) is 19.9 Å². The van der Waals surface area contributed by atoms with Gasteiger partial charge in [-0.25, -0.2) is 14.1 Å². The van der Waals surface area contributed by atoms with E-state index in [1.165, 1.54) is 49.4 Å². The van der Waals surface area contributed by atoms with Crippen molar-refractivity contribution in [3.05, 3.63) is 53.4 Å². The normalized spacial score (nSPS) is 17.8. The molecule has 2 saturated heterocycles. The molecule has 1 amide bonds. The van der Waals surface area contributed by atoms with Crippen molar-refractivity contribution in [1.29, 1.82) is 0 Å². The van der Waals surface area contributed by atoms with Crippen LogP contribution in [0, 0.1) is 5.82 Å². The van der Waals surface area contributed by atoms with Crippen molar-refractivity contribution >= 4 is 17.2 Å². The minimum absolute atomic E-state index is 0.150. The first-order chi connectivity index (χ1) is 15.7. The molecule has 0 aliphatic carbocycles. The fourth-order valence-corrected chi connectivity index (χ4v) is 5.03. The Morgan fingerprint density at radius 3 is 2.28 bits per heavy atom. The second-order valence-electron chi connectivity index (χ2n) is 8.31. The lowest BCUT2D eigenvalue weighted by molar-refractivity contribution is 0.0615. The summed E-state index contributed by atoms with van der Waals surface area (Å²) in [7, 11) is 0. The van der Waals surface area contributed by atoms with E-state index in [0.29, 0.717) is 24.6 Å². The predicted octanol–water partition coefficient (Wildman–Crippen LogP) is 2.99. The highest BCUT2D eigenvalue weighted by molar-refractivity contribution is 7.13. The molecule has 4 heterocycles. The van der Waals surface area contributed by atoms with Crippen molar-refractivity contribution in [2.75, 3.05) is 52.4 Å². The summed E-state index contributed by atoms with van der Waals surface area (Å²) < 4.78 is 15.0. The topological polar surface area (TPSA) is 57.5 Å². The lowest BCUT2D eigenvalue weighted by Crippen LogP contribution is -2.50. The van der Waals surface area contributed by atoms with Crippen LogP contribution in [-0.4, -0.2) is 87.7 Å². The summed E-state index contributed by atoms with van der Waals surface area (Å²) in [5.41, 5.74) is 0.674. The van der Waals surface area contributed by atoms with Crippen LogP contribution in [0.3, 0.4) is 0 Å². The van der Waals surface area contributed by atoms with Gasteiger partial charge in [0.1, 0.15) is 5.82 Å². The summed E-state index contributed by atoms with van der Waals surface area (Å²) in [6.07, 6.45) is 2.63. The van der Waals surface area contributed by atoms with Gasteiger partial charge < -0.3 is 9.80 Å². The number of aromatic nitrogens is 3. The van der Waals surface area contributed by atoms with E-state index in [-0.39, 0.29) is 17.5 Å². The number of thiophene rings is 1. The number of benzene rings is 1. The van der Waals surface area contributed by atoms with Crippen LogP contribution in [0.1, 0.15) is 23.5 Å². The molecule has 0 N–H and O–H groups in total. The zero-order valence-corrected chi connectivity index (χ0v) is 18.8. The first-order valence-corrected chi connectivity index (χ1v) is 12.1. The molecule has 168 valence electrons. The van der Waals surface area contributed by atoms with Crippen molar-refractivity contribution in [3.63, 3.8) is 0 Å². The molecule has 0 unspecified atom stereocenters. The van der Waals surface area contributed by atoms with Crippen LogP contribution in [-0.2, 0) is 0 Å². The highest BCUT2D eigenvalue weighted by atomic mass is 32.1. The molecule has 0 bridgehead atoms. The molecule has 2 aliphatic heterocycles. The van der Waals surface area contributed by atoms with Crippen molar-refractivity contribution in [2.24, 2.45) is 0 Å². The molecule has 2 fully saturated rings. The van der Waals surface area contributed by atoms with Crippen molar-refractivity contribution in [1.82, 2.24) is 29.5 Å². The van der Waals surface area contributed by atoms with Crippen LogP contribution in [0.2, 0.25) is 0 Å². The van der Waals surface area contributed by atoms with Gasteiger partial charge in [0.05, 0.1) is 10.6 Å². The summed E-state index contributed by atoms with van der Waals surface area (Å²) in [5, 5.41) is 6.49. The number of hydrogen-bond acceptors (Lipinski definition) is 6. The van der Waals surface area contributed by atoms with Gasteiger partial charge in [0.2, 0.25) is 5.82 Å². The number of carbonyl (C=O) groups is 1. The summed E-state index contributed by atoms with van der Waals surface area (Å²) in [5.74, 6) is 0.316. The molecule has 1 aromatic carbocycles. The molecule has 0 atom stereocenters. The minimum atomic E-state index is -0.314. The lowest BCUT2D eigenvalue weighted by atomic mass is 10.3. The maximum absolute atomic E-state index is 13.4. The zero-order valence-electron chi connectivity index (χ0n) is 18.0. The monoisotopic (exact) mass is 454 g/mol. The van der Waals surface area contributed by atoms with Crippen molar-refractivity contribution in [3.8, 4) is 16.4 Å². The Morgan fingerprint density at radius 1 is 0.938 bits per heavy atom. The number of carbonyl (C=O) groups excluding carboxylic acids is 1. The highest BCUT2D eigenvalue weighted by Crippen LogP contribution is 2.26. The number of likely N-dealkylation sites (tertiary alicyclic amines) is 1. The molecule has 2 aromatic heterocycles. The molecule has 0 radical (unpaired) electrons. The van der Waals surface area contributed by atoms with Gasteiger partial charge >= 0.3 is 0 Å². The Bertz CT molecular complexity index is 1040. The van der Waals surface area contributed by atoms with Gasteiger partial charge in [-0.2, -0.15) is 0 Å². The van der Waals surface area contributed by atoms with Crippen LogP contribution < -0.4 is 0 Å². The second kappa shape index (κ2) is 9.48. The molecular weight excluding hydrogens is 427 g/mol. The zero-order chi connectivity index (χ0) is 21.9. The number of piperazine rings is 1. The van der Waals surface area contributed by atoms with E-state index in [1.807, 2.05) is 22.4 Å². The average molecular weight is 455 g/mol. The van der Waals surface area contributed by atoms with Crippen LogP contribution in [0.15, 0.2) is 41.8 Å². The summed E-state index contributed by atoms with van der Waals surface area (Å²) >= 11 is 1.53. The lowest BCUT2D eigenvalue weighted by Gasteiger charge is -2.34. The second-order valence-corrected chi connectivity index (χ2v) is 9.25. The van der Waals surface area contributed by atoms with E-state index in [0.717, 1.165) is 31.1 Å². The van der Waals surface area contributed by atoms with Gasteiger partial charge in [-0.05, 0) is 61.6 Å². The van der Waals surface area contributed by atoms with Gasteiger partial charge in [0.25, 0.3) is 5.91 Å². The van der Waals surface area contributed by atoms with Crippen LogP contribution in [0.4, 0.5) is 4.39 Å². The minimum Gasteiger partial charge on any atom is -0.333 e. The molecule has 2 aliphatic rings. The third-order valence-corrected chi connectivity index (χ3v) is 7.07. The quantitative estimate of drug-likeness (QED) is 0.573. The van der Waals surface area contributed by atoms with E-state index in [1.54, 1.807) is 16.8 Å². The fourth-order valence-electron chi connectivity index (χ4n) is 4.34. The SMILES string of the molecule is O=C(c1nc(-c2cccs2)n(-c2ccc(F)cc2)n1)N1CCN(CCN2CCCC2)CC1. The van der Waals surface area contributed by atoms with Crippen LogP contribution in [0.25, 0.3) is 16.4 Å². The first-order valence-electron chi connectivity index (χ1n) is 11.2. The van der Waals surface area contributed by atoms with Crippen LogP contribution >= 0.6 is 11.3 Å². The number of halogens is 1. The Kier molecular flexibility index (Phi) is 6.29. The van der Waals surface area contributed by atoms with E-state index in [9.17, 15) is 9.18 Å². The largest absolute Gasteiger partial charge is 0.333 e. The summed E-state index contributed by atoms with van der Waals surface area (Å²) in [4.78, 5) is 25.5. The predicted molar refractivity (Wildman–Crippen MR) is 123 cm³/mol. The van der Waals surface area contributed by atoms with Crippen LogP contribution in [0.5, 0.6) is 0 Å². The molecule has 5 rings (SSSR count). The van der Waals surface area contributed by atoms with E-state index >= 15 is 0 Å². The van der Waals surface area contributed by atoms with Gasteiger partial charge in [0, 0.05) is 39.3 Å². The number of nitrogens with zero attached hydrogens (tertiary/aromatic N) is 6. The molecule has 3 aromatic rings. The Morgan fingerprint density at radius 2 is 1.62 bits per heavy atom. The number of hydrogen-bond donors (Lipinski definition) is 0. The number of amides is 1. The molecule has 9 heteroatoms. The molecule has 32 heavy (non-hydrogen) atoms. The Balaban J connectivity index is 1.29. The van der Waals surface area contributed by atoms with E-state index in [4.69, 9.17) is 0 Å². The smallest absolute Gasteiger partial charge is 0.293 e. The fraction of sp³-hybridized carbons (Fsp3) is 0.435. The van der Waals surface area contributed by atoms with Gasteiger partial charge in [0.15, 0.2) is 5.82 Å².